The van der Waals surface area contributed by atoms with Gasteiger partial charge in [0.1, 0.15) is 6.10 Å². The fraction of sp³-hybridized carbons (Fsp3) is 0.857. The van der Waals surface area contributed by atoms with Crippen LogP contribution in [0.2, 0.25) is 0 Å². The van der Waals surface area contributed by atoms with Gasteiger partial charge >= 0.3 is 5.97 Å². The average molecular weight is 178 g/mol. The van der Waals surface area contributed by atoms with E-state index in [0.717, 1.165) is 0 Å². The van der Waals surface area contributed by atoms with Crippen molar-refractivity contribution in [2.24, 2.45) is 0 Å². The first kappa shape index (κ1) is 11.4. The van der Waals surface area contributed by atoms with Gasteiger partial charge < -0.3 is 20.1 Å². The van der Waals surface area contributed by atoms with Crippen molar-refractivity contribution in [2.45, 2.75) is 31.7 Å². The van der Waals surface area contributed by atoms with Crippen LogP contribution in [0.4, 0.5) is 0 Å². The molecule has 0 radical (unpaired) electrons. The number of hydrogen-bond donors (Lipinski definition) is 3. The van der Waals surface area contributed by atoms with E-state index in [2.05, 4.69) is 0 Å². The van der Waals surface area contributed by atoms with Crippen LogP contribution in [0.1, 0.15) is 13.3 Å². The van der Waals surface area contributed by atoms with Crippen LogP contribution in [-0.2, 0) is 9.53 Å². The highest BCUT2D eigenvalue weighted by molar-refractivity contribution is 5.67. The topological polar surface area (TPSA) is 87.0 Å². The Morgan fingerprint density at radius 3 is 2.25 bits per heavy atom. The van der Waals surface area contributed by atoms with Gasteiger partial charge in [-0.15, -0.1) is 0 Å². The Balaban J connectivity index is 4.04. The Bertz CT molecular complexity index is 145. The molecule has 3 N–H and O–H groups in total. The second kappa shape index (κ2) is 5.08. The third-order valence-corrected chi connectivity index (χ3v) is 1.55. The highest BCUT2D eigenvalue weighted by atomic mass is 16.5. The van der Waals surface area contributed by atoms with Crippen LogP contribution in [0, 0.1) is 0 Å². The molecule has 0 aromatic rings. The van der Waals surface area contributed by atoms with Crippen LogP contribution in [0.3, 0.4) is 0 Å². The van der Waals surface area contributed by atoms with E-state index in [1.54, 1.807) is 0 Å². The molecule has 0 amide bonds. The number of aliphatic hydroxyl groups is 2. The molecule has 5 heteroatoms. The van der Waals surface area contributed by atoms with Gasteiger partial charge in [0.2, 0.25) is 0 Å². The third kappa shape index (κ3) is 3.66. The van der Waals surface area contributed by atoms with Gasteiger partial charge in [-0.2, -0.15) is 0 Å². The minimum atomic E-state index is -1.16. The van der Waals surface area contributed by atoms with Crippen LogP contribution in [-0.4, -0.2) is 46.7 Å². The molecule has 0 saturated carbocycles. The minimum absolute atomic E-state index is 0.317. The molecule has 5 nitrogen and oxygen atoms in total. The van der Waals surface area contributed by atoms with Gasteiger partial charge in [0.05, 0.1) is 18.6 Å². The summed E-state index contributed by atoms with van der Waals surface area (Å²) in [6.45, 7) is 1.37. The van der Waals surface area contributed by atoms with Gasteiger partial charge in [-0.25, -0.2) is 0 Å². The molecule has 0 aromatic carbocycles. The predicted molar refractivity (Wildman–Crippen MR) is 40.7 cm³/mol. The smallest absolute Gasteiger partial charge is 0.306 e. The van der Waals surface area contributed by atoms with E-state index < -0.39 is 24.3 Å². The Kier molecular flexibility index (Phi) is 4.80. The molecular formula is C7H14O5. The fourth-order valence-electron chi connectivity index (χ4n) is 0.826. The molecule has 0 fully saturated rings. The van der Waals surface area contributed by atoms with E-state index in [0.29, 0.717) is 0 Å². The first-order valence-electron chi connectivity index (χ1n) is 3.59. The molecule has 0 unspecified atom stereocenters. The quantitative estimate of drug-likeness (QED) is 0.514. The number of carbonyl (C=O) groups is 1. The summed E-state index contributed by atoms with van der Waals surface area (Å²) >= 11 is 0. The first-order chi connectivity index (χ1) is 5.49. The molecular weight excluding hydrogens is 164 g/mol. The Labute approximate surface area is 70.6 Å². The van der Waals surface area contributed by atoms with Crippen molar-refractivity contribution in [1.82, 2.24) is 0 Å². The zero-order chi connectivity index (χ0) is 9.72. The zero-order valence-corrected chi connectivity index (χ0v) is 7.10. The van der Waals surface area contributed by atoms with Gasteiger partial charge in [0.15, 0.2) is 0 Å². The third-order valence-electron chi connectivity index (χ3n) is 1.55. The monoisotopic (exact) mass is 178 g/mol. The van der Waals surface area contributed by atoms with Crippen molar-refractivity contribution in [3.63, 3.8) is 0 Å². The summed E-state index contributed by atoms with van der Waals surface area (Å²) in [6.07, 6.45) is -3.33. The molecule has 0 rings (SSSR count). The standard InChI is InChI=1S/C7H14O5/c1-4(8)7(11)5(12-2)3-6(9)10/h4-5,7-8,11H,3H2,1-2H3,(H,9,10)/t4-,5+,7-/m1/s1. The van der Waals surface area contributed by atoms with E-state index in [1.807, 2.05) is 0 Å². The Morgan fingerprint density at radius 1 is 1.50 bits per heavy atom. The molecule has 72 valence electrons. The number of hydrogen-bond acceptors (Lipinski definition) is 4. The second-order valence-electron chi connectivity index (χ2n) is 2.60. The molecule has 0 spiro atoms. The summed E-state index contributed by atoms with van der Waals surface area (Å²) in [4.78, 5) is 10.2. The van der Waals surface area contributed by atoms with Crippen molar-refractivity contribution in [3.8, 4) is 0 Å². The maximum atomic E-state index is 10.2. The highest BCUT2D eigenvalue weighted by Crippen LogP contribution is 2.07. The molecule has 0 aromatic heterocycles. The molecule has 3 atom stereocenters. The summed E-state index contributed by atoms with van der Waals surface area (Å²) < 4.78 is 4.69. The number of ether oxygens (including phenoxy) is 1. The molecule has 0 aliphatic rings. The van der Waals surface area contributed by atoms with Crippen LogP contribution in [0.15, 0.2) is 0 Å². The SMILES string of the molecule is CO[C@@H](CC(=O)O)[C@H](O)[C@@H](C)O. The van der Waals surface area contributed by atoms with Crippen molar-refractivity contribution >= 4 is 5.97 Å². The maximum Gasteiger partial charge on any atom is 0.306 e. The summed E-state index contributed by atoms with van der Waals surface area (Å²) in [5.74, 6) is -1.07. The van der Waals surface area contributed by atoms with Crippen molar-refractivity contribution in [3.05, 3.63) is 0 Å². The van der Waals surface area contributed by atoms with Gasteiger partial charge in [-0.05, 0) is 6.92 Å². The molecule has 0 saturated heterocycles. The zero-order valence-electron chi connectivity index (χ0n) is 7.10. The van der Waals surface area contributed by atoms with E-state index in [4.69, 9.17) is 14.9 Å². The number of aliphatic hydroxyl groups excluding tert-OH is 2. The molecule has 12 heavy (non-hydrogen) atoms. The van der Waals surface area contributed by atoms with E-state index in [-0.39, 0.29) is 6.42 Å². The number of carboxylic acids is 1. The first-order valence-corrected chi connectivity index (χ1v) is 3.59. The lowest BCUT2D eigenvalue weighted by Gasteiger charge is -2.21. The lowest BCUT2D eigenvalue weighted by molar-refractivity contribution is -0.144. The summed E-state index contributed by atoms with van der Waals surface area (Å²) in [5, 5.41) is 26.5. The highest BCUT2D eigenvalue weighted by Gasteiger charge is 2.25. The molecule has 0 aliphatic carbocycles. The molecule has 0 aliphatic heterocycles. The number of carboxylic acid groups (broad SMARTS) is 1. The van der Waals surface area contributed by atoms with Gasteiger partial charge in [0.25, 0.3) is 0 Å². The molecule has 0 bridgehead atoms. The second-order valence-corrected chi connectivity index (χ2v) is 2.60. The van der Waals surface area contributed by atoms with Crippen molar-refractivity contribution in [2.75, 3.05) is 7.11 Å². The van der Waals surface area contributed by atoms with Gasteiger partial charge in [-0.3, -0.25) is 4.79 Å². The average Bonchev–Trinajstić information content (AvgIpc) is 1.98. The van der Waals surface area contributed by atoms with Crippen LogP contribution >= 0.6 is 0 Å². The number of aliphatic carboxylic acids is 1. The summed E-state index contributed by atoms with van der Waals surface area (Å²) in [6, 6.07) is 0. The van der Waals surface area contributed by atoms with E-state index in [1.165, 1.54) is 14.0 Å². The van der Waals surface area contributed by atoms with Crippen molar-refractivity contribution < 1.29 is 24.9 Å². The Hall–Kier alpha value is -0.650. The normalized spacial score (nSPS) is 18.3. The largest absolute Gasteiger partial charge is 0.481 e. The van der Waals surface area contributed by atoms with E-state index in [9.17, 15) is 9.90 Å². The lowest BCUT2D eigenvalue weighted by atomic mass is 10.1. The summed E-state index contributed by atoms with van der Waals surface area (Å²) in [5.41, 5.74) is 0. The van der Waals surface area contributed by atoms with Crippen molar-refractivity contribution in [1.29, 1.82) is 0 Å². The molecule has 0 heterocycles. The summed E-state index contributed by atoms with van der Waals surface area (Å²) in [7, 11) is 1.29. The lowest BCUT2D eigenvalue weighted by Crippen LogP contribution is -2.38. The fourth-order valence-corrected chi connectivity index (χ4v) is 0.826. The van der Waals surface area contributed by atoms with Crippen LogP contribution in [0.25, 0.3) is 0 Å². The Morgan fingerprint density at radius 2 is 2.00 bits per heavy atom. The predicted octanol–water partition coefficient (Wildman–Crippen LogP) is -0.782. The van der Waals surface area contributed by atoms with Gasteiger partial charge in [0, 0.05) is 7.11 Å². The van der Waals surface area contributed by atoms with Crippen LogP contribution in [0.5, 0.6) is 0 Å². The van der Waals surface area contributed by atoms with Crippen LogP contribution < -0.4 is 0 Å². The minimum Gasteiger partial charge on any atom is -0.481 e. The maximum absolute atomic E-state index is 10.2. The van der Waals surface area contributed by atoms with Gasteiger partial charge in [-0.1, -0.05) is 0 Å². The number of rotatable bonds is 5. The number of methoxy groups -OCH3 is 1. The van der Waals surface area contributed by atoms with E-state index >= 15 is 0 Å².